The van der Waals surface area contributed by atoms with Crippen LogP contribution in [0.2, 0.25) is 15.1 Å². The minimum atomic E-state index is -0.0352. The molecule has 0 saturated carbocycles. The number of rotatable bonds is 3. The molecule has 128 valence electrons. The molecule has 5 nitrogen and oxygen atoms in total. The molecule has 9 heteroatoms. The summed E-state index contributed by atoms with van der Waals surface area (Å²) in [6.07, 6.45) is 0. The largest absolute Gasteiger partial charge is 0.352 e. The molecule has 0 fully saturated rings. The van der Waals surface area contributed by atoms with Crippen LogP contribution in [0.15, 0.2) is 42.5 Å². The van der Waals surface area contributed by atoms with Crippen LogP contribution in [0.3, 0.4) is 0 Å². The van der Waals surface area contributed by atoms with Crippen molar-refractivity contribution >= 4 is 64.8 Å². The zero-order valence-electron chi connectivity index (χ0n) is 12.3. The van der Waals surface area contributed by atoms with Gasteiger partial charge in [0.2, 0.25) is 0 Å². The quantitative estimate of drug-likeness (QED) is 0.377. The van der Waals surface area contributed by atoms with Gasteiger partial charge >= 0.3 is 0 Å². The van der Waals surface area contributed by atoms with Gasteiger partial charge in [-0.1, -0.05) is 40.9 Å². The van der Waals surface area contributed by atoms with Crippen molar-refractivity contribution in [3.63, 3.8) is 0 Å². The fourth-order valence-electron chi connectivity index (χ4n) is 1.73. The van der Waals surface area contributed by atoms with Gasteiger partial charge in [0.25, 0.3) is 0 Å². The summed E-state index contributed by atoms with van der Waals surface area (Å²) in [5, 5.41) is 25.5. The Morgan fingerprint density at radius 1 is 0.875 bits per heavy atom. The van der Waals surface area contributed by atoms with Gasteiger partial charge in [0, 0.05) is 27.3 Å². The van der Waals surface area contributed by atoms with Gasteiger partial charge in [-0.2, -0.15) is 0 Å². The second-order valence-electron chi connectivity index (χ2n) is 4.60. The maximum absolute atomic E-state index is 7.79. The summed E-state index contributed by atoms with van der Waals surface area (Å²) in [5.41, 5.74) is 1.50. The van der Waals surface area contributed by atoms with E-state index in [1.165, 1.54) is 0 Å². The third kappa shape index (κ3) is 6.45. The third-order valence-electron chi connectivity index (χ3n) is 2.83. The van der Waals surface area contributed by atoms with Crippen molar-refractivity contribution in [3.05, 3.63) is 63.1 Å². The fourth-order valence-corrected chi connectivity index (χ4v) is 2.33. The van der Waals surface area contributed by atoms with Gasteiger partial charge in [-0.05, 0) is 42.0 Å². The summed E-state index contributed by atoms with van der Waals surface area (Å²) in [4.78, 5) is 0. The molecule has 5 N–H and O–H groups in total. The number of halogens is 4. The first-order valence-corrected chi connectivity index (χ1v) is 7.72. The van der Waals surface area contributed by atoms with E-state index in [1.807, 2.05) is 0 Å². The van der Waals surface area contributed by atoms with E-state index in [9.17, 15) is 0 Å². The highest BCUT2D eigenvalue weighted by Crippen LogP contribution is 2.20. The van der Waals surface area contributed by atoms with Crippen LogP contribution >= 0.6 is 47.2 Å². The van der Waals surface area contributed by atoms with E-state index in [2.05, 4.69) is 16.0 Å². The Morgan fingerprint density at radius 2 is 1.50 bits per heavy atom. The molecule has 2 aromatic rings. The Labute approximate surface area is 161 Å². The monoisotopic (exact) mass is 405 g/mol. The highest BCUT2D eigenvalue weighted by atomic mass is 35.5. The van der Waals surface area contributed by atoms with Gasteiger partial charge in [0.05, 0.1) is 0 Å². The molecule has 24 heavy (non-hydrogen) atoms. The maximum Gasteiger partial charge on any atom is 0.199 e. The van der Waals surface area contributed by atoms with E-state index in [-0.39, 0.29) is 24.3 Å². The number of hydrogen-bond acceptors (Lipinski definition) is 2. The molecule has 0 aromatic heterocycles. The van der Waals surface area contributed by atoms with Crippen molar-refractivity contribution < 1.29 is 0 Å². The first-order valence-electron chi connectivity index (χ1n) is 6.58. The number of guanidine groups is 2. The van der Waals surface area contributed by atoms with Crippen molar-refractivity contribution in [3.8, 4) is 0 Å². The molecule has 0 bridgehead atoms. The highest BCUT2D eigenvalue weighted by Gasteiger charge is 2.04. The van der Waals surface area contributed by atoms with Crippen LogP contribution in [-0.2, 0) is 6.54 Å². The average molecular weight is 407 g/mol. The molecule has 0 aliphatic heterocycles. The van der Waals surface area contributed by atoms with Gasteiger partial charge in [-0.3, -0.25) is 16.1 Å². The van der Waals surface area contributed by atoms with E-state index in [0.29, 0.717) is 27.3 Å². The zero-order valence-corrected chi connectivity index (χ0v) is 15.4. The lowest BCUT2D eigenvalue weighted by atomic mass is 10.2. The van der Waals surface area contributed by atoms with Gasteiger partial charge in [-0.15, -0.1) is 12.4 Å². The lowest BCUT2D eigenvalue weighted by Crippen LogP contribution is -2.42. The van der Waals surface area contributed by atoms with Gasteiger partial charge in [-0.25, -0.2) is 0 Å². The van der Waals surface area contributed by atoms with Crippen molar-refractivity contribution in [1.29, 1.82) is 10.8 Å². The van der Waals surface area contributed by atoms with Crippen LogP contribution in [0.25, 0.3) is 0 Å². The summed E-state index contributed by atoms with van der Waals surface area (Å²) in [6, 6.07) is 12.0. The van der Waals surface area contributed by atoms with Crippen molar-refractivity contribution in [2.24, 2.45) is 0 Å². The highest BCUT2D eigenvalue weighted by molar-refractivity contribution is 6.35. The maximum atomic E-state index is 7.79. The molecule has 0 atom stereocenters. The summed E-state index contributed by atoms with van der Waals surface area (Å²) in [7, 11) is 0. The lowest BCUT2D eigenvalue weighted by Gasteiger charge is -2.13. The number of hydrogen-bond donors (Lipinski definition) is 5. The van der Waals surface area contributed by atoms with E-state index >= 15 is 0 Å². The molecule has 0 unspecified atom stereocenters. The molecular weight excluding hydrogens is 392 g/mol. The first kappa shape index (κ1) is 20.4. The van der Waals surface area contributed by atoms with E-state index in [0.717, 1.165) is 5.56 Å². The van der Waals surface area contributed by atoms with E-state index in [4.69, 9.17) is 45.6 Å². The average Bonchev–Trinajstić information content (AvgIpc) is 2.48. The summed E-state index contributed by atoms with van der Waals surface area (Å²) in [6.45, 7) is 0.343. The molecule has 0 aliphatic rings. The topological polar surface area (TPSA) is 83.8 Å². The second kappa shape index (κ2) is 9.59. The van der Waals surface area contributed by atoms with Crippen LogP contribution in [0, 0.1) is 10.8 Å². The summed E-state index contributed by atoms with van der Waals surface area (Å²) in [5.74, 6) is -0.0606. The minimum absolute atomic E-state index is 0. The second-order valence-corrected chi connectivity index (χ2v) is 5.88. The molecule has 0 radical (unpaired) electrons. The zero-order chi connectivity index (χ0) is 16.8. The Hall–Kier alpha value is -1.66. The Balaban J connectivity index is 0.00000288. The van der Waals surface area contributed by atoms with Crippen molar-refractivity contribution in [2.45, 2.75) is 6.54 Å². The van der Waals surface area contributed by atoms with E-state index in [1.54, 1.807) is 42.5 Å². The van der Waals surface area contributed by atoms with Crippen LogP contribution in [0.5, 0.6) is 0 Å². The molecular formula is C15H15Cl4N5. The Kier molecular flexibility index (Phi) is 8.15. The number of benzene rings is 2. The predicted molar refractivity (Wildman–Crippen MR) is 104 cm³/mol. The number of anilines is 1. The molecule has 0 spiro atoms. The number of nitrogens with one attached hydrogen (secondary N) is 5. The third-order valence-corrected chi connectivity index (χ3v) is 3.67. The molecule has 0 aliphatic carbocycles. The van der Waals surface area contributed by atoms with Crippen molar-refractivity contribution in [1.82, 2.24) is 10.6 Å². The SMILES string of the molecule is Cl.N=C(NCc1ccc(Cl)cc1Cl)NC(=N)Nc1ccc(Cl)cc1. The smallest absolute Gasteiger partial charge is 0.199 e. The van der Waals surface area contributed by atoms with Gasteiger partial charge in [0.15, 0.2) is 11.9 Å². The van der Waals surface area contributed by atoms with E-state index < -0.39 is 0 Å². The van der Waals surface area contributed by atoms with Crippen LogP contribution in [0.4, 0.5) is 5.69 Å². The molecule has 0 amide bonds. The van der Waals surface area contributed by atoms with Crippen LogP contribution < -0.4 is 16.0 Å². The van der Waals surface area contributed by atoms with Gasteiger partial charge in [0.1, 0.15) is 0 Å². The molecule has 2 rings (SSSR count). The van der Waals surface area contributed by atoms with Crippen LogP contribution in [0.1, 0.15) is 5.56 Å². The molecule has 0 heterocycles. The van der Waals surface area contributed by atoms with Gasteiger partial charge < -0.3 is 10.6 Å². The summed E-state index contributed by atoms with van der Waals surface area (Å²) >= 11 is 17.7. The molecule has 2 aromatic carbocycles. The standard InChI is InChI=1S/C15H14Cl3N5.ClH/c16-10-3-5-12(6-4-10)22-15(20)23-14(19)21-8-9-1-2-11(17)7-13(9)18;/h1-7H,8H2,(H5,19,20,21,22,23);1H. The molecule has 0 saturated heterocycles. The minimum Gasteiger partial charge on any atom is -0.352 e. The fraction of sp³-hybridized carbons (Fsp3) is 0.0667. The summed E-state index contributed by atoms with van der Waals surface area (Å²) < 4.78 is 0. The Morgan fingerprint density at radius 3 is 2.12 bits per heavy atom. The first-order chi connectivity index (χ1) is 10.9. The predicted octanol–water partition coefficient (Wildman–Crippen LogP) is 4.73. The normalized spacial score (nSPS) is 9.62. The van der Waals surface area contributed by atoms with Crippen molar-refractivity contribution in [2.75, 3.05) is 5.32 Å². The lowest BCUT2D eigenvalue weighted by molar-refractivity contribution is 0.878. The Bertz CT molecular complexity index is 718. The van der Waals surface area contributed by atoms with Crippen LogP contribution in [-0.4, -0.2) is 11.9 Å².